The summed E-state index contributed by atoms with van der Waals surface area (Å²) in [4.78, 5) is 12.8. The van der Waals surface area contributed by atoms with E-state index in [0.717, 1.165) is 30.2 Å². The molecule has 1 aliphatic rings. The highest BCUT2D eigenvalue weighted by Gasteiger charge is 2.41. The Morgan fingerprint density at radius 1 is 1.26 bits per heavy atom. The van der Waals surface area contributed by atoms with Gasteiger partial charge in [0.1, 0.15) is 5.58 Å². The maximum absolute atomic E-state index is 12.8. The van der Waals surface area contributed by atoms with E-state index in [1.807, 2.05) is 18.2 Å². The van der Waals surface area contributed by atoms with E-state index < -0.39 is 0 Å². The van der Waals surface area contributed by atoms with Gasteiger partial charge in [0.15, 0.2) is 5.76 Å². The van der Waals surface area contributed by atoms with E-state index in [1.54, 1.807) is 0 Å². The van der Waals surface area contributed by atoms with Crippen molar-refractivity contribution in [1.82, 2.24) is 0 Å². The van der Waals surface area contributed by atoms with Gasteiger partial charge in [0.2, 0.25) is 5.78 Å². The number of furan rings is 1. The predicted molar refractivity (Wildman–Crippen MR) is 76.5 cm³/mol. The average molecular weight is 256 g/mol. The van der Waals surface area contributed by atoms with Gasteiger partial charge in [-0.1, -0.05) is 31.4 Å². The lowest BCUT2D eigenvalue weighted by atomic mass is 9.78. The number of fused-ring (bicyclic) bond motifs is 1. The van der Waals surface area contributed by atoms with E-state index in [4.69, 9.17) is 4.42 Å². The number of Topliss-reactive ketones (excluding diaryl/α,β-unsaturated/α-hetero) is 1. The van der Waals surface area contributed by atoms with Crippen LogP contribution in [0.25, 0.3) is 11.0 Å². The van der Waals surface area contributed by atoms with Crippen LogP contribution in [0.2, 0.25) is 0 Å². The molecule has 1 aromatic heterocycles. The molecule has 0 atom stereocenters. The zero-order valence-electron chi connectivity index (χ0n) is 11.7. The Morgan fingerprint density at radius 3 is 2.68 bits per heavy atom. The summed E-state index contributed by atoms with van der Waals surface area (Å²) in [7, 11) is 0. The van der Waals surface area contributed by atoms with E-state index in [-0.39, 0.29) is 11.2 Å². The third kappa shape index (κ3) is 1.99. The summed E-state index contributed by atoms with van der Waals surface area (Å²) in [5, 5.41) is 1.03. The van der Waals surface area contributed by atoms with E-state index in [9.17, 15) is 4.79 Å². The molecule has 1 aliphatic carbocycles. The van der Waals surface area contributed by atoms with Gasteiger partial charge in [-0.2, -0.15) is 0 Å². The molecule has 2 nitrogen and oxygen atoms in total. The van der Waals surface area contributed by atoms with Gasteiger partial charge >= 0.3 is 0 Å². The standard InChI is InChI=1S/C17H20O2/c1-3-17(8-4-5-9-17)16(18)15-11-13-10-12(2)6-7-14(13)19-15/h6-7,10-11H,3-5,8-9H2,1-2H3. The summed E-state index contributed by atoms with van der Waals surface area (Å²) < 4.78 is 5.77. The van der Waals surface area contributed by atoms with Crippen molar-refractivity contribution in [2.75, 3.05) is 0 Å². The van der Waals surface area contributed by atoms with Crippen LogP contribution in [0.4, 0.5) is 0 Å². The van der Waals surface area contributed by atoms with Crippen molar-refractivity contribution >= 4 is 16.8 Å². The van der Waals surface area contributed by atoms with Crippen LogP contribution in [0.1, 0.15) is 55.1 Å². The number of ketones is 1. The zero-order valence-corrected chi connectivity index (χ0v) is 11.7. The number of hydrogen-bond donors (Lipinski definition) is 0. The molecule has 0 amide bonds. The Morgan fingerprint density at radius 2 is 2.00 bits per heavy atom. The second-order valence-corrected chi connectivity index (χ2v) is 5.82. The summed E-state index contributed by atoms with van der Waals surface area (Å²) >= 11 is 0. The highest BCUT2D eigenvalue weighted by molar-refractivity contribution is 6.01. The molecule has 2 heteroatoms. The normalized spacial score (nSPS) is 18.0. The smallest absolute Gasteiger partial charge is 0.204 e. The van der Waals surface area contributed by atoms with Crippen molar-refractivity contribution in [2.24, 2.45) is 5.41 Å². The van der Waals surface area contributed by atoms with Gasteiger partial charge in [0, 0.05) is 10.8 Å². The first-order valence-corrected chi connectivity index (χ1v) is 7.20. The number of carbonyl (C=O) groups excluding carboxylic acids is 1. The summed E-state index contributed by atoms with van der Waals surface area (Å²) in [6, 6.07) is 7.96. The molecule has 1 aromatic carbocycles. The van der Waals surface area contributed by atoms with Gasteiger partial charge in [-0.3, -0.25) is 4.79 Å². The second-order valence-electron chi connectivity index (χ2n) is 5.82. The fourth-order valence-electron chi connectivity index (χ4n) is 3.33. The molecular weight excluding hydrogens is 236 g/mol. The summed E-state index contributed by atoms with van der Waals surface area (Å²) in [5.74, 6) is 0.755. The largest absolute Gasteiger partial charge is 0.453 e. The van der Waals surface area contributed by atoms with Gasteiger partial charge in [-0.15, -0.1) is 0 Å². The molecule has 2 aromatic rings. The zero-order chi connectivity index (χ0) is 13.5. The molecule has 3 rings (SSSR count). The monoisotopic (exact) mass is 256 g/mol. The minimum Gasteiger partial charge on any atom is -0.453 e. The average Bonchev–Trinajstić information content (AvgIpc) is 3.04. The Kier molecular flexibility index (Phi) is 2.96. The van der Waals surface area contributed by atoms with Crippen LogP contribution >= 0.6 is 0 Å². The highest BCUT2D eigenvalue weighted by Crippen LogP contribution is 2.44. The van der Waals surface area contributed by atoms with Gasteiger partial charge < -0.3 is 4.42 Å². The molecule has 0 unspecified atom stereocenters. The van der Waals surface area contributed by atoms with Crippen molar-refractivity contribution < 1.29 is 9.21 Å². The lowest BCUT2D eigenvalue weighted by molar-refractivity contribution is 0.0762. The molecule has 100 valence electrons. The van der Waals surface area contributed by atoms with Gasteiger partial charge in [-0.05, 0) is 44.4 Å². The first-order valence-electron chi connectivity index (χ1n) is 7.20. The minimum absolute atomic E-state index is 0.164. The number of rotatable bonds is 3. The van der Waals surface area contributed by atoms with Crippen LogP contribution in [-0.4, -0.2) is 5.78 Å². The number of hydrogen-bond acceptors (Lipinski definition) is 2. The van der Waals surface area contributed by atoms with Crippen LogP contribution in [0.15, 0.2) is 28.7 Å². The van der Waals surface area contributed by atoms with E-state index >= 15 is 0 Å². The SMILES string of the molecule is CCC1(C(=O)c2cc3cc(C)ccc3o2)CCCC1. The van der Waals surface area contributed by atoms with Crippen molar-refractivity contribution in [3.63, 3.8) is 0 Å². The van der Waals surface area contributed by atoms with Crippen LogP contribution in [-0.2, 0) is 0 Å². The molecule has 0 saturated heterocycles. The van der Waals surface area contributed by atoms with Crippen molar-refractivity contribution in [1.29, 1.82) is 0 Å². The Hall–Kier alpha value is -1.57. The maximum atomic E-state index is 12.8. The minimum atomic E-state index is -0.164. The second kappa shape index (κ2) is 4.52. The molecule has 1 saturated carbocycles. The topological polar surface area (TPSA) is 30.2 Å². The first kappa shape index (κ1) is 12.5. The fraction of sp³-hybridized carbons (Fsp3) is 0.471. The van der Waals surface area contributed by atoms with Crippen LogP contribution in [0, 0.1) is 12.3 Å². The molecule has 0 N–H and O–H groups in total. The van der Waals surface area contributed by atoms with Gasteiger partial charge in [0.25, 0.3) is 0 Å². The molecule has 1 heterocycles. The van der Waals surface area contributed by atoms with Crippen LogP contribution in [0.3, 0.4) is 0 Å². The third-order valence-electron chi connectivity index (χ3n) is 4.61. The lowest BCUT2D eigenvalue weighted by Crippen LogP contribution is -2.26. The highest BCUT2D eigenvalue weighted by atomic mass is 16.3. The van der Waals surface area contributed by atoms with E-state index in [1.165, 1.54) is 18.4 Å². The molecule has 0 spiro atoms. The lowest BCUT2D eigenvalue weighted by Gasteiger charge is -2.24. The fourth-order valence-corrected chi connectivity index (χ4v) is 3.33. The molecular formula is C17H20O2. The Balaban J connectivity index is 2.01. The van der Waals surface area contributed by atoms with Gasteiger partial charge in [0.05, 0.1) is 0 Å². The van der Waals surface area contributed by atoms with Crippen molar-refractivity contribution in [3.8, 4) is 0 Å². The molecule has 0 radical (unpaired) electrons. The summed E-state index contributed by atoms with van der Waals surface area (Å²) in [6.07, 6.45) is 5.27. The third-order valence-corrected chi connectivity index (χ3v) is 4.61. The summed E-state index contributed by atoms with van der Waals surface area (Å²) in [5.41, 5.74) is 1.85. The first-order chi connectivity index (χ1) is 9.14. The van der Waals surface area contributed by atoms with E-state index in [0.29, 0.717) is 5.76 Å². The quantitative estimate of drug-likeness (QED) is 0.731. The summed E-state index contributed by atoms with van der Waals surface area (Å²) in [6.45, 7) is 4.18. The predicted octanol–water partition coefficient (Wildman–Crippen LogP) is 4.89. The Labute approximate surface area is 113 Å². The van der Waals surface area contributed by atoms with Crippen LogP contribution in [0.5, 0.6) is 0 Å². The molecule has 19 heavy (non-hydrogen) atoms. The molecule has 0 aliphatic heterocycles. The van der Waals surface area contributed by atoms with Gasteiger partial charge in [-0.25, -0.2) is 0 Å². The van der Waals surface area contributed by atoms with Crippen molar-refractivity contribution in [3.05, 3.63) is 35.6 Å². The van der Waals surface area contributed by atoms with E-state index in [2.05, 4.69) is 19.9 Å². The number of carbonyl (C=O) groups is 1. The van der Waals surface area contributed by atoms with Crippen molar-refractivity contribution in [2.45, 2.75) is 46.0 Å². The number of benzene rings is 1. The number of aryl methyl sites for hydroxylation is 1. The molecule has 0 bridgehead atoms. The maximum Gasteiger partial charge on any atom is 0.204 e. The van der Waals surface area contributed by atoms with Crippen LogP contribution < -0.4 is 0 Å². The Bertz CT molecular complexity index is 615. The molecule has 1 fully saturated rings.